The molecule has 0 saturated carbocycles. The van der Waals surface area contributed by atoms with E-state index >= 15 is 0 Å². The number of carbonyl (C=O) groups is 1. The van der Waals surface area contributed by atoms with Gasteiger partial charge in [0.25, 0.3) is 0 Å². The summed E-state index contributed by atoms with van der Waals surface area (Å²) in [4.78, 5) is 12.0. The Kier molecular flexibility index (Phi) is 7.12. The zero-order valence-electron chi connectivity index (χ0n) is 13.7. The first-order valence-corrected chi connectivity index (χ1v) is 8.30. The van der Waals surface area contributed by atoms with Crippen LogP contribution in [0, 0.1) is 0 Å². The largest absolute Gasteiger partial charge is 0.494 e. The van der Waals surface area contributed by atoms with E-state index < -0.39 is 0 Å². The normalized spacial score (nSPS) is 10.8. The molecule has 23 heavy (non-hydrogen) atoms. The molecule has 0 saturated heterocycles. The molecule has 0 N–H and O–H groups in total. The molecule has 0 radical (unpaired) electrons. The highest BCUT2D eigenvalue weighted by Gasteiger charge is 1.99. The van der Waals surface area contributed by atoms with E-state index in [1.165, 1.54) is 19.3 Å². The van der Waals surface area contributed by atoms with E-state index in [2.05, 4.69) is 6.92 Å². The second-order valence-electron chi connectivity index (χ2n) is 5.54. The number of carbonyl (C=O) groups excluding carboxylic acids is 1. The molecule has 2 aromatic rings. The molecule has 0 heterocycles. The van der Waals surface area contributed by atoms with Crippen molar-refractivity contribution in [3.05, 3.63) is 71.8 Å². The Balaban J connectivity index is 1.82. The molecule has 0 amide bonds. The third-order valence-electron chi connectivity index (χ3n) is 3.63. The second kappa shape index (κ2) is 9.62. The molecule has 2 rings (SSSR count). The van der Waals surface area contributed by atoms with Gasteiger partial charge in [-0.2, -0.15) is 0 Å². The standard InChI is InChI=1S/C21H24O2/c1-2-3-4-8-17-23-20-14-11-18(12-15-20)13-16-21(22)19-9-6-5-7-10-19/h5-7,9-16H,2-4,8,17H2,1H3/b16-13+. The first kappa shape index (κ1) is 17.0. The molecule has 0 aromatic heterocycles. The van der Waals surface area contributed by atoms with Crippen molar-refractivity contribution >= 4 is 11.9 Å². The van der Waals surface area contributed by atoms with Crippen molar-refractivity contribution < 1.29 is 9.53 Å². The zero-order valence-corrected chi connectivity index (χ0v) is 13.7. The van der Waals surface area contributed by atoms with Gasteiger partial charge in [0.2, 0.25) is 0 Å². The number of allylic oxidation sites excluding steroid dienone is 1. The lowest BCUT2D eigenvalue weighted by Gasteiger charge is -2.06. The van der Waals surface area contributed by atoms with Gasteiger partial charge < -0.3 is 4.74 Å². The highest BCUT2D eigenvalue weighted by atomic mass is 16.5. The van der Waals surface area contributed by atoms with Crippen LogP contribution in [0.25, 0.3) is 6.08 Å². The van der Waals surface area contributed by atoms with Crippen molar-refractivity contribution in [1.82, 2.24) is 0 Å². The van der Waals surface area contributed by atoms with Crippen LogP contribution in [-0.4, -0.2) is 12.4 Å². The molecule has 0 bridgehead atoms. The van der Waals surface area contributed by atoms with E-state index in [0.29, 0.717) is 5.56 Å². The smallest absolute Gasteiger partial charge is 0.185 e. The summed E-state index contributed by atoms with van der Waals surface area (Å²) in [6.45, 7) is 2.97. The monoisotopic (exact) mass is 308 g/mol. The van der Waals surface area contributed by atoms with Gasteiger partial charge in [-0.3, -0.25) is 4.79 Å². The molecule has 0 fully saturated rings. The molecule has 0 unspecified atom stereocenters. The number of hydrogen-bond donors (Lipinski definition) is 0. The Morgan fingerprint density at radius 2 is 1.70 bits per heavy atom. The quantitative estimate of drug-likeness (QED) is 0.345. The number of unbranched alkanes of at least 4 members (excludes halogenated alkanes) is 3. The lowest BCUT2D eigenvalue weighted by atomic mass is 10.1. The fourth-order valence-electron chi connectivity index (χ4n) is 2.26. The van der Waals surface area contributed by atoms with E-state index in [0.717, 1.165) is 24.3 Å². The lowest BCUT2D eigenvalue weighted by molar-refractivity contribution is 0.104. The van der Waals surface area contributed by atoms with Crippen molar-refractivity contribution in [1.29, 1.82) is 0 Å². The summed E-state index contributed by atoms with van der Waals surface area (Å²) in [5, 5.41) is 0. The Labute approximate surface area is 138 Å². The summed E-state index contributed by atoms with van der Waals surface area (Å²) in [7, 11) is 0. The number of ketones is 1. The highest BCUT2D eigenvalue weighted by Crippen LogP contribution is 2.14. The maximum absolute atomic E-state index is 12.0. The minimum atomic E-state index is 0.0156. The molecule has 0 atom stereocenters. The first-order chi connectivity index (χ1) is 11.3. The molecule has 0 spiro atoms. The van der Waals surface area contributed by atoms with E-state index in [1.807, 2.05) is 60.7 Å². The maximum atomic E-state index is 12.0. The van der Waals surface area contributed by atoms with Gasteiger partial charge in [-0.15, -0.1) is 0 Å². The number of benzene rings is 2. The van der Waals surface area contributed by atoms with Gasteiger partial charge in [0.05, 0.1) is 6.61 Å². The Hall–Kier alpha value is -2.35. The molecule has 2 aromatic carbocycles. The van der Waals surface area contributed by atoms with Crippen molar-refractivity contribution in [3.8, 4) is 5.75 Å². The molecular formula is C21H24O2. The third kappa shape index (κ3) is 6.11. The van der Waals surface area contributed by atoms with Crippen LogP contribution in [0.5, 0.6) is 5.75 Å². The molecule has 120 valence electrons. The van der Waals surface area contributed by atoms with Crippen LogP contribution in [-0.2, 0) is 0 Å². The zero-order chi connectivity index (χ0) is 16.3. The lowest BCUT2D eigenvalue weighted by Crippen LogP contribution is -1.97. The molecule has 0 aliphatic rings. The fourth-order valence-corrected chi connectivity index (χ4v) is 2.26. The summed E-state index contributed by atoms with van der Waals surface area (Å²) < 4.78 is 5.71. The fraction of sp³-hybridized carbons (Fsp3) is 0.286. The summed E-state index contributed by atoms with van der Waals surface area (Å²) in [6, 6.07) is 17.1. The van der Waals surface area contributed by atoms with Gasteiger partial charge in [0.15, 0.2) is 5.78 Å². The predicted octanol–water partition coefficient (Wildman–Crippen LogP) is 5.54. The Morgan fingerprint density at radius 3 is 2.39 bits per heavy atom. The van der Waals surface area contributed by atoms with E-state index in [9.17, 15) is 4.79 Å². The van der Waals surface area contributed by atoms with Crippen LogP contribution in [0.15, 0.2) is 60.7 Å². The van der Waals surface area contributed by atoms with Crippen molar-refractivity contribution in [2.45, 2.75) is 32.6 Å². The summed E-state index contributed by atoms with van der Waals surface area (Å²) in [6.07, 6.45) is 8.27. The van der Waals surface area contributed by atoms with Gasteiger partial charge in [-0.25, -0.2) is 0 Å². The van der Waals surface area contributed by atoms with Gasteiger partial charge in [-0.1, -0.05) is 74.7 Å². The van der Waals surface area contributed by atoms with E-state index in [4.69, 9.17) is 4.74 Å². The average Bonchev–Trinajstić information content (AvgIpc) is 2.61. The SMILES string of the molecule is CCCCCCOc1ccc(/C=C/C(=O)c2ccccc2)cc1. The number of ether oxygens (including phenoxy) is 1. The molecule has 0 aliphatic carbocycles. The van der Waals surface area contributed by atoms with Crippen LogP contribution < -0.4 is 4.74 Å². The summed E-state index contributed by atoms with van der Waals surface area (Å²) in [5.41, 5.74) is 1.70. The number of hydrogen-bond acceptors (Lipinski definition) is 2. The minimum Gasteiger partial charge on any atom is -0.494 e. The Bertz CT molecular complexity index is 612. The average molecular weight is 308 g/mol. The van der Waals surface area contributed by atoms with Crippen molar-refractivity contribution in [2.75, 3.05) is 6.61 Å². The van der Waals surface area contributed by atoms with E-state index in [-0.39, 0.29) is 5.78 Å². The predicted molar refractivity (Wildman–Crippen MR) is 95.9 cm³/mol. The van der Waals surface area contributed by atoms with Gasteiger partial charge >= 0.3 is 0 Å². The summed E-state index contributed by atoms with van der Waals surface area (Å²) >= 11 is 0. The van der Waals surface area contributed by atoms with Crippen LogP contribution in [0.1, 0.15) is 48.5 Å². The van der Waals surface area contributed by atoms with Crippen molar-refractivity contribution in [2.24, 2.45) is 0 Å². The third-order valence-corrected chi connectivity index (χ3v) is 3.63. The molecule has 2 heteroatoms. The van der Waals surface area contributed by atoms with Crippen molar-refractivity contribution in [3.63, 3.8) is 0 Å². The Morgan fingerprint density at radius 1 is 0.957 bits per heavy atom. The second-order valence-corrected chi connectivity index (χ2v) is 5.54. The van der Waals surface area contributed by atoms with Crippen LogP contribution in [0.4, 0.5) is 0 Å². The maximum Gasteiger partial charge on any atom is 0.185 e. The summed E-state index contributed by atoms with van der Waals surface area (Å²) in [5.74, 6) is 0.898. The van der Waals surface area contributed by atoms with Crippen LogP contribution >= 0.6 is 0 Å². The molecule has 0 aliphatic heterocycles. The van der Waals surface area contributed by atoms with Gasteiger partial charge in [0, 0.05) is 5.56 Å². The van der Waals surface area contributed by atoms with Crippen LogP contribution in [0.2, 0.25) is 0 Å². The van der Waals surface area contributed by atoms with E-state index in [1.54, 1.807) is 6.08 Å². The van der Waals surface area contributed by atoms with Gasteiger partial charge in [-0.05, 0) is 30.2 Å². The van der Waals surface area contributed by atoms with Gasteiger partial charge in [0.1, 0.15) is 5.75 Å². The number of rotatable bonds is 9. The minimum absolute atomic E-state index is 0.0156. The molecular weight excluding hydrogens is 284 g/mol. The molecule has 2 nitrogen and oxygen atoms in total. The highest BCUT2D eigenvalue weighted by molar-refractivity contribution is 6.06. The first-order valence-electron chi connectivity index (χ1n) is 8.30. The van der Waals surface area contributed by atoms with Crippen LogP contribution in [0.3, 0.4) is 0 Å². The topological polar surface area (TPSA) is 26.3 Å².